The predicted octanol–water partition coefficient (Wildman–Crippen LogP) is 3.53. The van der Waals surface area contributed by atoms with E-state index in [4.69, 9.17) is 4.74 Å². The van der Waals surface area contributed by atoms with Crippen LogP contribution in [0.15, 0.2) is 24.3 Å². The number of benzene rings is 1. The van der Waals surface area contributed by atoms with E-state index in [1.54, 1.807) is 12.1 Å². The molecule has 2 aromatic rings. The molecule has 0 saturated carbocycles. The summed E-state index contributed by atoms with van der Waals surface area (Å²) in [7, 11) is 1.39. The van der Waals surface area contributed by atoms with E-state index >= 15 is 0 Å². The van der Waals surface area contributed by atoms with E-state index in [9.17, 15) is 13.6 Å². The van der Waals surface area contributed by atoms with Crippen molar-refractivity contribution in [1.82, 2.24) is 4.98 Å². The molecule has 134 valence electrons. The maximum absolute atomic E-state index is 12.5. The number of hydrogen-bond acceptors (Lipinski definition) is 5. The number of esters is 1. The normalized spacial score (nSPS) is 17.8. The Labute approximate surface area is 144 Å². The van der Waals surface area contributed by atoms with E-state index in [1.165, 1.54) is 13.2 Å². The molecule has 3 rings (SSSR count). The third-order valence-corrected chi connectivity index (χ3v) is 4.41. The number of hydrogen-bond donors (Lipinski definition) is 0. The number of pyridine rings is 1. The third-order valence-electron chi connectivity index (χ3n) is 4.41. The highest BCUT2D eigenvalue weighted by Crippen LogP contribution is 2.33. The number of ether oxygens (including phenoxy) is 2. The van der Waals surface area contributed by atoms with Gasteiger partial charge in [0.2, 0.25) is 0 Å². The second-order valence-electron chi connectivity index (χ2n) is 6.15. The monoisotopic (exact) mass is 350 g/mol. The Bertz CT molecular complexity index is 782. The molecule has 0 bridgehead atoms. The van der Waals surface area contributed by atoms with E-state index < -0.39 is 6.61 Å². The molecule has 0 N–H and O–H groups in total. The molecule has 0 unspecified atom stereocenters. The molecular formula is C18H20F2N2O3. The standard InChI is InChI=1S/C18H20F2N2O3/c1-11-8-16(22-7-3-4-12(10-22)17(23)24-2)14-9-13(25-18(19)20)5-6-15(14)21-11/h5-6,8-9,12,18H,3-4,7,10H2,1-2H3/t12-/m0/s1. The van der Waals surface area contributed by atoms with E-state index in [-0.39, 0.29) is 17.6 Å². The summed E-state index contributed by atoms with van der Waals surface area (Å²) < 4.78 is 34.4. The van der Waals surface area contributed by atoms with Gasteiger partial charge in [-0.1, -0.05) is 0 Å². The van der Waals surface area contributed by atoms with Gasteiger partial charge < -0.3 is 14.4 Å². The van der Waals surface area contributed by atoms with Gasteiger partial charge in [0, 0.05) is 29.9 Å². The third kappa shape index (κ3) is 3.81. The zero-order valence-electron chi connectivity index (χ0n) is 14.2. The summed E-state index contributed by atoms with van der Waals surface area (Å²) in [5.74, 6) is -0.319. The minimum atomic E-state index is -2.88. The first-order valence-electron chi connectivity index (χ1n) is 8.17. The second kappa shape index (κ2) is 7.21. The molecule has 0 amide bonds. The summed E-state index contributed by atoms with van der Waals surface area (Å²) >= 11 is 0. The summed E-state index contributed by atoms with van der Waals surface area (Å²) in [6.07, 6.45) is 1.64. The Morgan fingerprint density at radius 1 is 1.36 bits per heavy atom. The average molecular weight is 350 g/mol. The zero-order valence-corrected chi connectivity index (χ0v) is 14.2. The molecule has 5 nitrogen and oxygen atoms in total. The molecular weight excluding hydrogens is 330 g/mol. The molecule has 0 radical (unpaired) electrons. The fourth-order valence-corrected chi connectivity index (χ4v) is 3.31. The molecule has 1 atom stereocenters. The predicted molar refractivity (Wildman–Crippen MR) is 90.1 cm³/mol. The first-order chi connectivity index (χ1) is 12.0. The van der Waals surface area contributed by atoms with Gasteiger partial charge in [0.1, 0.15) is 5.75 Å². The van der Waals surface area contributed by atoms with Gasteiger partial charge in [-0.05, 0) is 44.0 Å². The van der Waals surface area contributed by atoms with Crippen molar-refractivity contribution in [1.29, 1.82) is 0 Å². The van der Waals surface area contributed by atoms with E-state index in [0.29, 0.717) is 12.1 Å². The molecule has 1 aromatic carbocycles. The number of aryl methyl sites for hydroxylation is 1. The number of fused-ring (bicyclic) bond motifs is 1. The highest BCUT2D eigenvalue weighted by atomic mass is 19.3. The van der Waals surface area contributed by atoms with Crippen LogP contribution in [0.5, 0.6) is 5.75 Å². The van der Waals surface area contributed by atoms with Crippen LogP contribution in [0.1, 0.15) is 18.5 Å². The van der Waals surface area contributed by atoms with Gasteiger partial charge in [-0.15, -0.1) is 0 Å². The first kappa shape index (κ1) is 17.4. The van der Waals surface area contributed by atoms with E-state index in [1.807, 2.05) is 13.0 Å². The number of anilines is 1. The largest absolute Gasteiger partial charge is 0.469 e. The van der Waals surface area contributed by atoms with Gasteiger partial charge in [-0.25, -0.2) is 0 Å². The average Bonchev–Trinajstić information content (AvgIpc) is 2.60. The summed E-state index contributed by atoms with van der Waals surface area (Å²) in [5.41, 5.74) is 2.40. The van der Waals surface area contributed by atoms with Crippen LogP contribution in [0.25, 0.3) is 10.9 Å². The van der Waals surface area contributed by atoms with Crippen molar-refractivity contribution in [2.75, 3.05) is 25.1 Å². The van der Waals surface area contributed by atoms with Crippen molar-refractivity contribution in [3.8, 4) is 5.75 Å². The fourth-order valence-electron chi connectivity index (χ4n) is 3.31. The molecule has 1 aliphatic rings. The Hall–Kier alpha value is -2.44. The van der Waals surface area contributed by atoms with Crippen molar-refractivity contribution < 1.29 is 23.0 Å². The smallest absolute Gasteiger partial charge is 0.387 e. The molecule has 7 heteroatoms. The Kier molecular flexibility index (Phi) is 5.01. The van der Waals surface area contributed by atoms with E-state index in [2.05, 4.69) is 14.6 Å². The summed E-state index contributed by atoms with van der Waals surface area (Å²) in [6.45, 7) is 0.323. The molecule has 1 saturated heterocycles. The Morgan fingerprint density at radius 3 is 2.88 bits per heavy atom. The van der Waals surface area contributed by atoms with Crippen molar-refractivity contribution in [3.63, 3.8) is 0 Å². The number of nitrogens with zero attached hydrogens (tertiary/aromatic N) is 2. The zero-order chi connectivity index (χ0) is 18.0. The van der Waals surface area contributed by atoms with Crippen LogP contribution >= 0.6 is 0 Å². The van der Waals surface area contributed by atoms with Crippen molar-refractivity contribution in [3.05, 3.63) is 30.0 Å². The molecule has 1 aromatic heterocycles. The molecule has 1 fully saturated rings. The number of rotatable bonds is 4. The highest BCUT2D eigenvalue weighted by Gasteiger charge is 2.27. The molecule has 25 heavy (non-hydrogen) atoms. The van der Waals surface area contributed by atoms with Crippen molar-refractivity contribution in [2.24, 2.45) is 5.92 Å². The lowest BCUT2D eigenvalue weighted by atomic mass is 9.97. The Balaban J connectivity index is 2.00. The van der Waals surface area contributed by atoms with Gasteiger partial charge >= 0.3 is 12.6 Å². The summed E-state index contributed by atoms with van der Waals surface area (Å²) in [6, 6.07) is 6.64. The van der Waals surface area contributed by atoms with Crippen LogP contribution in [0.2, 0.25) is 0 Å². The minimum Gasteiger partial charge on any atom is -0.469 e. The number of carbonyl (C=O) groups excluding carboxylic acids is 1. The maximum atomic E-state index is 12.5. The van der Waals surface area contributed by atoms with Gasteiger partial charge in [-0.2, -0.15) is 8.78 Å². The molecule has 0 spiro atoms. The maximum Gasteiger partial charge on any atom is 0.387 e. The molecule has 2 heterocycles. The Morgan fingerprint density at radius 2 is 2.16 bits per heavy atom. The number of carbonyl (C=O) groups is 1. The van der Waals surface area contributed by atoms with Crippen LogP contribution in [-0.2, 0) is 9.53 Å². The fraction of sp³-hybridized carbons (Fsp3) is 0.444. The lowest BCUT2D eigenvalue weighted by molar-refractivity contribution is -0.145. The molecule has 0 aliphatic carbocycles. The number of piperidine rings is 1. The minimum absolute atomic E-state index is 0.0935. The SMILES string of the molecule is COC(=O)[C@H]1CCCN(c2cc(C)nc3ccc(OC(F)F)cc23)C1. The van der Waals surface area contributed by atoms with Crippen LogP contribution < -0.4 is 9.64 Å². The first-order valence-corrected chi connectivity index (χ1v) is 8.17. The number of methoxy groups -OCH3 is 1. The van der Waals surface area contributed by atoms with E-state index in [0.717, 1.165) is 36.2 Å². The van der Waals surface area contributed by atoms with Crippen LogP contribution in [0.3, 0.4) is 0 Å². The number of alkyl halides is 2. The summed E-state index contributed by atoms with van der Waals surface area (Å²) in [4.78, 5) is 18.4. The highest BCUT2D eigenvalue weighted by molar-refractivity contribution is 5.93. The van der Waals surface area contributed by atoms with Crippen molar-refractivity contribution in [2.45, 2.75) is 26.4 Å². The lowest BCUT2D eigenvalue weighted by Crippen LogP contribution is -2.39. The van der Waals surface area contributed by atoms with Gasteiger partial charge in [-0.3, -0.25) is 9.78 Å². The summed E-state index contributed by atoms with van der Waals surface area (Å²) in [5, 5.41) is 0.731. The van der Waals surface area contributed by atoms with Gasteiger partial charge in [0.25, 0.3) is 0 Å². The molecule has 1 aliphatic heterocycles. The van der Waals surface area contributed by atoms with Crippen LogP contribution in [0, 0.1) is 12.8 Å². The lowest BCUT2D eigenvalue weighted by Gasteiger charge is -2.34. The van der Waals surface area contributed by atoms with Gasteiger partial charge in [0.15, 0.2) is 0 Å². The number of halogens is 2. The van der Waals surface area contributed by atoms with Crippen LogP contribution in [0.4, 0.5) is 14.5 Å². The number of aromatic nitrogens is 1. The second-order valence-corrected chi connectivity index (χ2v) is 6.15. The van der Waals surface area contributed by atoms with Crippen molar-refractivity contribution >= 4 is 22.6 Å². The van der Waals surface area contributed by atoms with Gasteiger partial charge in [0.05, 0.1) is 18.5 Å². The van der Waals surface area contributed by atoms with Crippen LogP contribution in [-0.4, -0.2) is 37.8 Å². The topological polar surface area (TPSA) is 51.7 Å². The quantitative estimate of drug-likeness (QED) is 0.790.